The van der Waals surface area contributed by atoms with Gasteiger partial charge in [0.1, 0.15) is 0 Å². The average Bonchev–Trinajstić information content (AvgIpc) is 2.45. The van der Waals surface area contributed by atoms with Crippen LogP contribution >= 0.6 is 0 Å². The maximum Gasteiger partial charge on any atom is 0.391 e. The van der Waals surface area contributed by atoms with Crippen LogP contribution in [0.4, 0.5) is 13.2 Å². The largest absolute Gasteiger partial charge is 0.409 e. The fourth-order valence-corrected chi connectivity index (χ4v) is 2.50. The van der Waals surface area contributed by atoms with Gasteiger partial charge in [0.05, 0.1) is 11.5 Å². The first-order valence-corrected chi connectivity index (χ1v) is 7.00. The Morgan fingerprint density at radius 1 is 1.33 bits per heavy atom. The molecule has 1 amide bonds. The first-order chi connectivity index (χ1) is 9.64. The van der Waals surface area contributed by atoms with Crippen molar-refractivity contribution in [1.29, 1.82) is 0 Å². The van der Waals surface area contributed by atoms with E-state index in [9.17, 15) is 18.0 Å². The maximum atomic E-state index is 12.6. The number of nitrogens with one attached hydrogen (secondary N) is 1. The van der Waals surface area contributed by atoms with Crippen molar-refractivity contribution in [2.45, 2.75) is 57.7 Å². The molecule has 122 valence electrons. The van der Waals surface area contributed by atoms with E-state index >= 15 is 0 Å². The second-order valence-corrected chi connectivity index (χ2v) is 5.75. The summed E-state index contributed by atoms with van der Waals surface area (Å²) < 4.78 is 37.8. The van der Waals surface area contributed by atoms with Crippen molar-refractivity contribution in [3.8, 4) is 0 Å². The molecule has 0 spiro atoms. The highest BCUT2D eigenvalue weighted by molar-refractivity contribution is 5.93. The Balaban J connectivity index is 2.62. The molecule has 0 aromatic heterocycles. The molecular weight excluding hydrogens is 287 g/mol. The summed E-state index contributed by atoms with van der Waals surface area (Å²) in [5.41, 5.74) is 4.56. The summed E-state index contributed by atoms with van der Waals surface area (Å²) in [7, 11) is 0. The van der Waals surface area contributed by atoms with Crippen molar-refractivity contribution in [1.82, 2.24) is 5.32 Å². The van der Waals surface area contributed by atoms with Gasteiger partial charge >= 0.3 is 6.18 Å². The Bertz CT molecular complexity index is 404. The topological polar surface area (TPSA) is 87.7 Å². The van der Waals surface area contributed by atoms with Crippen molar-refractivity contribution >= 4 is 11.7 Å². The van der Waals surface area contributed by atoms with Gasteiger partial charge in [-0.2, -0.15) is 13.2 Å². The molecule has 1 unspecified atom stereocenters. The van der Waals surface area contributed by atoms with Gasteiger partial charge < -0.3 is 16.3 Å². The molecule has 1 aliphatic rings. The molecule has 1 saturated carbocycles. The fraction of sp³-hybridized carbons (Fsp3) is 0.846. The molecule has 21 heavy (non-hydrogen) atoms. The highest BCUT2D eigenvalue weighted by Gasteiger charge is 2.43. The molecule has 4 N–H and O–H groups in total. The van der Waals surface area contributed by atoms with Gasteiger partial charge in [-0.1, -0.05) is 12.1 Å². The van der Waals surface area contributed by atoms with Crippen molar-refractivity contribution < 1.29 is 23.2 Å². The highest BCUT2D eigenvalue weighted by atomic mass is 19.4. The predicted molar refractivity (Wildman–Crippen MR) is 71.8 cm³/mol. The van der Waals surface area contributed by atoms with Crippen LogP contribution in [0.2, 0.25) is 0 Å². The molecule has 0 radical (unpaired) electrons. The minimum atomic E-state index is -4.19. The molecule has 1 rings (SSSR count). The number of amides is 1. The lowest BCUT2D eigenvalue weighted by Gasteiger charge is -2.33. The molecule has 0 aromatic carbocycles. The summed E-state index contributed by atoms with van der Waals surface area (Å²) in [5.74, 6) is -2.24. The van der Waals surface area contributed by atoms with Crippen LogP contribution in [0.5, 0.6) is 0 Å². The van der Waals surface area contributed by atoms with E-state index in [2.05, 4.69) is 10.5 Å². The predicted octanol–water partition coefficient (Wildman–Crippen LogP) is 2.39. The molecular formula is C13H22F3N3O2. The molecule has 0 heterocycles. The van der Waals surface area contributed by atoms with Crippen molar-refractivity contribution in [2.24, 2.45) is 22.7 Å². The number of rotatable bonds is 4. The minimum absolute atomic E-state index is 0.0337. The Kier molecular flexibility index (Phi) is 5.47. The zero-order valence-electron chi connectivity index (χ0n) is 12.2. The molecule has 5 nitrogen and oxygen atoms in total. The number of halogens is 3. The zero-order chi connectivity index (χ0) is 16.3. The first-order valence-electron chi connectivity index (χ1n) is 7.00. The monoisotopic (exact) mass is 309 g/mol. The Morgan fingerprint density at radius 2 is 1.86 bits per heavy atom. The fourth-order valence-electron chi connectivity index (χ4n) is 2.50. The summed E-state index contributed by atoms with van der Waals surface area (Å²) in [6.45, 7) is 3.38. The Labute approximate surface area is 121 Å². The number of oxime groups is 1. The number of hydrogen-bond acceptors (Lipinski definition) is 3. The van der Waals surface area contributed by atoms with Gasteiger partial charge in [-0.3, -0.25) is 4.79 Å². The summed E-state index contributed by atoms with van der Waals surface area (Å²) >= 11 is 0. The van der Waals surface area contributed by atoms with E-state index < -0.39 is 23.6 Å². The van der Waals surface area contributed by atoms with Crippen LogP contribution in [0, 0.1) is 11.8 Å². The molecule has 1 atom stereocenters. The number of hydrogen-bond donors (Lipinski definition) is 3. The van der Waals surface area contributed by atoms with Gasteiger partial charge in [-0.15, -0.1) is 0 Å². The third-order valence-electron chi connectivity index (χ3n) is 4.34. The van der Waals surface area contributed by atoms with E-state index in [1.54, 1.807) is 13.8 Å². The normalized spacial score (nSPS) is 27.0. The molecule has 0 aliphatic heterocycles. The molecule has 0 saturated heterocycles. The summed E-state index contributed by atoms with van der Waals surface area (Å²) in [5, 5.41) is 14.3. The average molecular weight is 309 g/mol. The van der Waals surface area contributed by atoms with E-state index in [0.717, 1.165) is 0 Å². The van der Waals surface area contributed by atoms with Gasteiger partial charge in [-0.25, -0.2) is 0 Å². The lowest BCUT2D eigenvalue weighted by molar-refractivity contribution is -0.184. The van der Waals surface area contributed by atoms with E-state index in [4.69, 9.17) is 10.9 Å². The van der Waals surface area contributed by atoms with E-state index in [1.807, 2.05) is 0 Å². The summed E-state index contributed by atoms with van der Waals surface area (Å²) in [6, 6.07) is 0. The summed E-state index contributed by atoms with van der Waals surface area (Å²) in [6.07, 6.45) is -3.44. The van der Waals surface area contributed by atoms with E-state index in [-0.39, 0.29) is 37.4 Å². The van der Waals surface area contributed by atoms with Crippen LogP contribution in [0.15, 0.2) is 5.16 Å². The second kappa shape index (κ2) is 6.53. The number of nitrogens with two attached hydrogens (primary N) is 1. The van der Waals surface area contributed by atoms with E-state index in [0.29, 0.717) is 6.42 Å². The standard InChI is InChI=1S/C13H22F3N3O2/c1-3-12(2,11(17)19-21)18-10(20)8-4-6-9(7-5-8)13(14,15)16/h8-9,21H,3-7H2,1-2H3,(H2,17,19)(H,18,20). The molecule has 0 bridgehead atoms. The minimum Gasteiger partial charge on any atom is -0.409 e. The van der Waals surface area contributed by atoms with Crippen molar-refractivity contribution in [3.05, 3.63) is 0 Å². The van der Waals surface area contributed by atoms with Crippen molar-refractivity contribution in [3.63, 3.8) is 0 Å². The van der Waals surface area contributed by atoms with Crippen LogP contribution in [0.3, 0.4) is 0 Å². The van der Waals surface area contributed by atoms with Crippen LogP contribution in [0.1, 0.15) is 46.0 Å². The van der Waals surface area contributed by atoms with Gasteiger partial charge in [-0.05, 0) is 39.0 Å². The Morgan fingerprint density at radius 3 is 2.24 bits per heavy atom. The lowest BCUT2D eigenvalue weighted by Crippen LogP contribution is -2.56. The second-order valence-electron chi connectivity index (χ2n) is 5.75. The lowest BCUT2D eigenvalue weighted by atomic mass is 9.80. The number of carbonyl (C=O) groups excluding carboxylic acids is 1. The number of carbonyl (C=O) groups is 1. The highest BCUT2D eigenvalue weighted by Crippen LogP contribution is 2.39. The van der Waals surface area contributed by atoms with Gasteiger partial charge in [0.2, 0.25) is 5.91 Å². The zero-order valence-corrected chi connectivity index (χ0v) is 12.2. The van der Waals surface area contributed by atoms with Gasteiger partial charge in [0, 0.05) is 5.92 Å². The van der Waals surface area contributed by atoms with Crippen LogP contribution in [0.25, 0.3) is 0 Å². The Hall–Kier alpha value is -1.47. The number of nitrogens with zero attached hydrogens (tertiary/aromatic N) is 1. The molecule has 1 aliphatic carbocycles. The first kappa shape index (κ1) is 17.6. The van der Waals surface area contributed by atoms with Crippen LogP contribution < -0.4 is 11.1 Å². The quantitative estimate of drug-likeness (QED) is 0.322. The van der Waals surface area contributed by atoms with Gasteiger partial charge in [0.25, 0.3) is 0 Å². The maximum absolute atomic E-state index is 12.6. The van der Waals surface area contributed by atoms with Gasteiger partial charge in [0.15, 0.2) is 5.84 Å². The third kappa shape index (κ3) is 4.25. The van der Waals surface area contributed by atoms with Crippen molar-refractivity contribution in [2.75, 3.05) is 0 Å². The molecule has 8 heteroatoms. The van der Waals surface area contributed by atoms with Crippen LogP contribution in [-0.4, -0.2) is 28.7 Å². The van der Waals surface area contributed by atoms with Crippen LogP contribution in [-0.2, 0) is 4.79 Å². The molecule has 1 fully saturated rings. The van der Waals surface area contributed by atoms with E-state index in [1.165, 1.54) is 0 Å². The smallest absolute Gasteiger partial charge is 0.391 e. The third-order valence-corrected chi connectivity index (χ3v) is 4.34. The number of amidine groups is 1. The molecule has 0 aromatic rings. The summed E-state index contributed by atoms with van der Waals surface area (Å²) in [4.78, 5) is 12.2. The SMILES string of the molecule is CCC(C)(NC(=O)C1CCC(C(F)(F)F)CC1)C(N)=NO. The number of alkyl halides is 3.